The minimum Gasteiger partial charge on any atom is -0.354 e. The molecule has 1 aromatic carbocycles. The van der Waals surface area contributed by atoms with Gasteiger partial charge in [-0.15, -0.1) is 0 Å². The van der Waals surface area contributed by atoms with Gasteiger partial charge in [0.25, 0.3) is 11.8 Å². The van der Waals surface area contributed by atoms with Crippen LogP contribution in [0, 0.1) is 6.92 Å². The number of aryl methyl sites for hydroxylation is 1. The Balaban J connectivity index is 1.63. The average Bonchev–Trinajstić information content (AvgIpc) is 2.89. The highest BCUT2D eigenvalue weighted by molar-refractivity contribution is 6.03. The molecule has 182 valence electrons. The number of halogens is 1. The summed E-state index contributed by atoms with van der Waals surface area (Å²) in [5, 5.41) is 5.39. The fraction of sp³-hybridized carbons (Fsp3) is 0.185. The minimum absolute atomic E-state index is 0.0558. The molecule has 0 aliphatic carbocycles. The fourth-order valence-corrected chi connectivity index (χ4v) is 3.58. The number of benzene rings is 1. The van der Waals surface area contributed by atoms with Crippen LogP contribution in [0.15, 0.2) is 67.1 Å². The van der Waals surface area contributed by atoms with Crippen LogP contribution in [0.1, 0.15) is 46.2 Å². The van der Waals surface area contributed by atoms with E-state index in [0.717, 1.165) is 22.3 Å². The number of aromatic nitrogens is 4. The predicted octanol–water partition coefficient (Wildman–Crippen LogP) is 4.73. The largest absolute Gasteiger partial charge is 0.354 e. The maximum Gasteiger partial charge on any atom is 0.274 e. The monoisotopic (exact) mass is 484 g/mol. The van der Waals surface area contributed by atoms with E-state index in [-0.39, 0.29) is 17.4 Å². The number of carbonyl (C=O) groups excluding carboxylic acids is 2. The number of pyridine rings is 2. The lowest BCUT2D eigenvalue weighted by molar-refractivity contribution is 0.0957. The highest BCUT2D eigenvalue weighted by Crippen LogP contribution is 2.30. The van der Waals surface area contributed by atoms with Gasteiger partial charge in [0.15, 0.2) is 11.5 Å². The van der Waals surface area contributed by atoms with Gasteiger partial charge in [0.1, 0.15) is 11.4 Å². The number of hydrogen-bond donors (Lipinski definition) is 2. The van der Waals surface area contributed by atoms with Gasteiger partial charge in [0, 0.05) is 36.9 Å². The summed E-state index contributed by atoms with van der Waals surface area (Å²) in [5.74, 6) is -0.801. The van der Waals surface area contributed by atoms with Crippen LogP contribution in [0.4, 0.5) is 10.1 Å². The molecular formula is C27H25FN6O2. The molecule has 0 radical (unpaired) electrons. The molecule has 0 saturated heterocycles. The fourth-order valence-electron chi connectivity index (χ4n) is 3.58. The van der Waals surface area contributed by atoms with E-state index in [1.165, 1.54) is 26.1 Å². The maximum absolute atomic E-state index is 14.2. The summed E-state index contributed by atoms with van der Waals surface area (Å²) >= 11 is 0. The lowest BCUT2D eigenvalue weighted by Gasteiger charge is -2.14. The van der Waals surface area contributed by atoms with Crippen molar-refractivity contribution in [1.82, 2.24) is 25.3 Å². The van der Waals surface area contributed by atoms with E-state index in [4.69, 9.17) is 0 Å². The molecule has 0 atom stereocenters. The first-order chi connectivity index (χ1) is 17.2. The third-order valence-electron chi connectivity index (χ3n) is 5.50. The number of alkyl halides is 1. The van der Waals surface area contributed by atoms with E-state index >= 15 is 0 Å². The molecule has 0 unspecified atom stereocenters. The summed E-state index contributed by atoms with van der Waals surface area (Å²) in [6, 6.07) is 14.2. The van der Waals surface area contributed by atoms with Crippen molar-refractivity contribution in [2.75, 3.05) is 12.4 Å². The second-order valence-electron chi connectivity index (χ2n) is 8.66. The van der Waals surface area contributed by atoms with Crippen LogP contribution >= 0.6 is 0 Å². The van der Waals surface area contributed by atoms with Gasteiger partial charge in [-0.1, -0.05) is 6.07 Å². The topological polar surface area (TPSA) is 110 Å². The second-order valence-corrected chi connectivity index (χ2v) is 8.66. The number of rotatable bonds is 6. The van der Waals surface area contributed by atoms with Crippen molar-refractivity contribution in [3.63, 3.8) is 0 Å². The molecule has 9 heteroatoms. The zero-order valence-electron chi connectivity index (χ0n) is 20.3. The number of nitrogens with zero attached hydrogens (tertiary/aromatic N) is 4. The Morgan fingerprint density at radius 3 is 2.31 bits per heavy atom. The zero-order chi connectivity index (χ0) is 25.9. The molecule has 36 heavy (non-hydrogen) atoms. The molecule has 0 spiro atoms. The minimum atomic E-state index is -1.76. The van der Waals surface area contributed by atoms with Crippen LogP contribution in [0.25, 0.3) is 22.4 Å². The van der Waals surface area contributed by atoms with Crippen LogP contribution in [-0.2, 0) is 5.67 Å². The Hall–Kier alpha value is -4.53. The number of nitrogens with one attached hydrogen (secondary N) is 2. The Morgan fingerprint density at radius 2 is 1.56 bits per heavy atom. The van der Waals surface area contributed by atoms with Crippen LogP contribution in [0.5, 0.6) is 0 Å². The molecule has 0 bridgehead atoms. The van der Waals surface area contributed by atoms with Gasteiger partial charge >= 0.3 is 0 Å². The molecule has 0 aliphatic rings. The summed E-state index contributed by atoms with van der Waals surface area (Å²) in [7, 11) is 1.55. The van der Waals surface area contributed by atoms with Gasteiger partial charge in [-0.3, -0.25) is 19.6 Å². The molecule has 3 heterocycles. The van der Waals surface area contributed by atoms with Gasteiger partial charge in [-0.25, -0.2) is 14.4 Å². The van der Waals surface area contributed by atoms with Crippen molar-refractivity contribution in [3.05, 3.63) is 89.9 Å². The van der Waals surface area contributed by atoms with Crippen LogP contribution < -0.4 is 10.6 Å². The standard InChI is InChI=1S/C27H25FN6O2/c1-16-5-6-19(33-25(36)21-9-12-32-26(34-21)27(2,3)28)15-20(16)17-7-10-30-22(13-17)18-8-11-31-23(14-18)24(35)29-4/h5-15H,1-4H3,(H,29,35)(H,33,36). The smallest absolute Gasteiger partial charge is 0.274 e. The summed E-state index contributed by atoms with van der Waals surface area (Å²) in [6.45, 7) is 4.65. The van der Waals surface area contributed by atoms with Gasteiger partial charge in [0.05, 0.1) is 5.69 Å². The summed E-state index contributed by atoms with van der Waals surface area (Å²) < 4.78 is 14.2. The van der Waals surface area contributed by atoms with E-state index in [2.05, 4.69) is 30.6 Å². The Labute approximate surface area is 208 Å². The van der Waals surface area contributed by atoms with Crippen LogP contribution in [0.3, 0.4) is 0 Å². The highest BCUT2D eigenvalue weighted by Gasteiger charge is 2.23. The Morgan fingerprint density at radius 1 is 0.833 bits per heavy atom. The number of carbonyl (C=O) groups is 2. The molecule has 4 aromatic rings. The maximum atomic E-state index is 14.2. The van der Waals surface area contributed by atoms with E-state index in [1.54, 1.807) is 37.6 Å². The Kier molecular flexibility index (Phi) is 6.82. The average molecular weight is 485 g/mol. The van der Waals surface area contributed by atoms with E-state index in [9.17, 15) is 14.0 Å². The van der Waals surface area contributed by atoms with Gasteiger partial charge < -0.3 is 10.6 Å². The third-order valence-corrected chi connectivity index (χ3v) is 5.50. The molecule has 2 N–H and O–H groups in total. The molecule has 4 rings (SSSR count). The molecule has 3 aromatic heterocycles. The molecule has 0 fully saturated rings. The van der Waals surface area contributed by atoms with Gasteiger partial charge in [-0.05, 0) is 79.9 Å². The summed E-state index contributed by atoms with van der Waals surface area (Å²) in [4.78, 5) is 41.3. The predicted molar refractivity (Wildman–Crippen MR) is 135 cm³/mol. The third kappa shape index (κ3) is 5.41. The van der Waals surface area contributed by atoms with E-state index in [1.807, 2.05) is 31.2 Å². The zero-order valence-corrected chi connectivity index (χ0v) is 20.3. The van der Waals surface area contributed by atoms with Crippen molar-refractivity contribution in [1.29, 1.82) is 0 Å². The van der Waals surface area contributed by atoms with Crippen molar-refractivity contribution in [2.24, 2.45) is 0 Å². The Bertz CT molecular complexity index is 1450. The first-order valence-electron chi connectivity index (χ1n) is 11.2. The van der Waals surface area contributed by atoms with Gasteiger partial charge in [-0.2, -0.15) is 0 Å². The van der Waals surface area contributed by atoms with E-state index < -0.39 is 11.6 Å². The quantitative estimate of drug-likeness (QED) is 0.410. The second kappa shape index (κ2) is 9.99. The van der Waals surface area contributed by atoms with Crippen molar-refractivity contribution in [3.8, 4) is 22.4 Å². The number of hydrogen-bond acceptors (Lipinski definition) is 6. The van der Waals surface area contributed by atoms with Crippen molar-refractivity contribution < 1.29 is 14.0 Å². The summed E-state index contributed by atoms with van der Waals surface area (Å²) in [5.41, 5.74) is 3.37. The van der Waals surface area contributed by atoms with Gasteiger partial charge in [0.2, 0.25) is 0 Å². The first kappa shape index (κ1) is 24.6. The van der Waals surface area contributed by atoms with Crippen molar-refractivity contribution in [2.45, 2.75) is 26.4 Å². The normalized spacial score (nSPS) is 11.1. The lowest BCUT2D eigenvalue weighted by Crippen LogP contribution is -2.19. The first-order valence-corrected chi connectivity index (χ1v) is 11.2. The highest BCUT2D eigenvalue weighted by atomic mass is 19.1. The molecule has 0 saturated carbocycles. The molecule has 2 amide bonds. The lowest BCUT2D eigenvalue weighted by atomic mass is 9.98. The molecule has 0 aliphatic heterocycles. The van der Waals surface area contributed by atoms with E-state index in [0.29, 0.717) is 17.1 Å². The number of anilines is 1. The summed E-state index contributed by atoms with van der Waals surface area (Å²) in [6.07, 6.45) is 4.63. The SMILES string of the molecule is CNC(=O)c1cc(-c2cc(-c3cc(NC(=O)c4ccnc(C(C)(C)F)n4)ccc3C)ccn2)ccn1. The van der Waals surface area contributed by atoms with Crippen molar-refractivity contribution >= 4 is 17.5 Å². The molecule has 8 nitrogen and oxygen atoms in total. The number of amides is 2. The van der Waals surface area contributed by atoms with Crippen LogP contribution in [-0.4, -0.2) is 38.8 Å². The van der Waals surface area contributed by atoms with Crippen LogP contribution in [0.2, 0.25) is 0 Å². The molecular weight excluding hydrogens is 459 g/mol.